The van der Waals surface area contributed by atoms with Gasteiger partial charge in [-0.25, -0.2) is 4.98 Å². The number of imidazole rings is 1. The molecule has 21 heavy (non-hydrogen) atoms. The average molecular weight is 285 g/mol. The van der Waals surface area contributed by atoms with Crippen LogP contribution in [0.5, 0.6) is 0 Å². The van der Waals surface area contributed by atoms with E-state index < -0.39 is 0 Å². The van der Waals surface area contributed by atoms with Gasteiger partial charge in [-0.15, -0.1) is 0 Å². The zero-order valence-corrected chi connectivity index (χ0v) is 11.9. The number of anilines is 2. The third-order valence-electron chi connectivity index (χ3n) is 4.63. The van der Waals surface area contributed by atoms with Gasteiger partial charge in [-0.1, -0.05) is 12.8 Å². The molecule has 1 saturated carbocycles. The SMILES string of the molecule is Nc1nc(N2CCC3CCCCC32)nc(-n2ccnc2)n1. The van der Waals surface area contributed by atoms with Crippen molar-refractivity contribution in [2.24, 2.45) is 5.92 Å². The third kappa shape index (κ3) is 2.22. The van der Waals surface area contributed by atoms with Crippen LogP contribution >= 0.6 is 0 Å². The molecule has 0 aromatic carbocycles. The number of rotatable bonds is 2. The molecule has 4 rings (SSSR count). The normalized spacial score (nSPS) is 25.0. The lowest BCUT2D eigenvalue weighted by atomic mass is 9.85. The topological polar surface area (TPSA) is 85.8 Å². The molecule has 0 amide bonds. The summed E-state index contributed by atoms with van der Waals surface area (Å²) in [6, 6.07) is 0.566. The zero-order chi connectivity index (χ0) is 14.2. The van der Waals surface area contributed by atoms with E-state index in [0.717, 1.165) is 12.5 Å². The maximum Gasteiger partial charge on any atom is 0.241 e. The number of nitrogens with zero attached hydrogens (tertiary/aromatic N) is 6. The first-order valence-electron chi connectivity index (χ1n) is 7.58. The molecule has 0 radical (unpaired) electrons. The van der Waals surface area contributed by atoms with Crippen LogP contribution in [0.3, 0.4) is 0 Å². The Bertz CT molecular complexity index is 624. The van der Waals surface area contributed by atoms with Crippen LogP contribution in [0.15, 0.2) is 18.7 Å². The van der Waals surface area contributed by atoms with Crippen molar-refractivity contribution in [3.05, 3.63) is 18.7 Å². The van der Waals surface area contributed by atoms with Crippen molar-refractivity contribution >= 4 is 11.9 Å². The van der Waals surface area contributed by atoms with E-state index in [4.69, 9.17) is 5.73 Å². The summed E-state index contributed by atoms with van der Waals surface area (Å²) < 4.78 is 1.76. The molecule has 2 N–H and O–H groups in total. The number of nitrogens with two attached hydrogens (primary N) is 1. The molecule has 2 unspecified atom stereocenters. The van der Waals surface area contributed by atoms with E-state index in [-0.39, 0.29) is 5.95 Å². The van der Waals surface area contributed by atoms with Crippen molar-refractivity contribution in [3.63, 3.8) is 0 Å². The summed E-state index contributed by atoms with van der Waals surface area (Å²) in [5.41, 5.74) is 5.88. The molecule has 0 bridgehead atoms. The smallest absolute Gasteiger partial charge is 0.241 e. The number of nitrogen functional groups attached to an aromatic ring is 1. The second-order valence-corrected chi connectivity index (χ2v) is 5.86. The lowest BCUT2D eigenvalue weighted by Gasteiger charge is -2.31. The highest BCUT2D eigenvalue weighted by Crippen LogP contribution is 2.37. The van der Waals surface area contributed by atoms with Crippen LogP contribution in [0, 0.1) is 5.92 Å². The summed E-state index contributed by atoms with van der Waals surface area (Å²) in [4.78, 5) is 19.5. The number of hydrogen-bond acceptors (Lipinski definition) is 6. The monoisotopic (exact) mass is 285 g/mol. The van der Waals surface area contributed by atoms with Gasteiger partial charge in [-0.2, -0.15) is 15.0 Å². The van der Waals surface area contributed by atoms with Crippen LogP contribution in [0.1, 0.15) is 32.1 Å². The lowest BCUT2D eigenvalue weighted by molar-refractivity contribution is 0.340. The summed E-state index contributed by atoms with van der Waals surface area (Å²) in [5, 5.41) is 0. The molecule has 7 nitrogen and oxygen atoms in total. The molecule has 1 aliphatic heterocycles. The quantitative estimate of drug-likeness (QED) is 0.898. The van der Waals surface area contributed by atoms with E-state index in [1.165, 1.54) is 32.1 Å². The van der Waals surface area contributed by atoms with Gasteiger partial charge in [0.25, 0.3) is 0 Å². The Balaban J connectivity index is 1.69. The van der Waals surface area contributed by atoms with Gasteiger partial charge >= 0.3 is 0 Å². The predicted octanol–water partition coefficient (Wildman–Crippen LogP) is 1.41. The van der Waals surface area contributed by atoms with Crippen LogP contribution in [-0.2, 0) is 0 Å². The van der Waals surface area contributed by atoms with E-state index in [1.54, 1.807) is 17.1 Å². The summed E-state index contributed by atoms with van der Waals surface area (Å²) in [5.74, 6) is 2.30. The van der Waals surface area contributed by atoms with E-state index in [9.17, 15) is 0 Å². The molecule has 110 valence electrons. The molecule has 7 heteroatoms. The molecule has 3 heterocycles. The van der Waals surface area contributed by atoms with Crippen molar-refractivity contribution < 1.29 is 0 Å². The first-order chi connectivity index (χ1) is 10.3. The van der Waals surface area contributed by atoms with Crippen molar-refractivity contribution in [2.45, 2.75) is 38.1 Å². The Morgan fingerprint density at radius 1 is 1.05 bits per heavy atom. The van der Waals surface area contributed by atoms with Gasteiger partial charge in [0.15, 0.2) is 0 Å². The van der Waals surface area contributed by atoms with Gasteiger partial charge < -0.3 is 10.6 Å². The molecule has 2 aromatic heterocycles. The number of fused-ring (bicyclic) bond motifs is 1. The van der Waals surface area contributed by atoms with Crippen molar-refractivity contribution in [1.29, 1.82) is 0 Å². The Morgan fingerprint density at radius 2 is 1.90 bits per heavy atom. The van der Waals surface area contributed by atoms with E-state index in [0.29, 0.717) is 17.9 Å². The van der Waals surface area contributed by atoms with Crippen molar-refractivity contribution in [3.8, 4) is 5.95 Å². The molecule has 0 spiro atoms. The Labute approximate surface area is 123 Å². The van der Waals surface area contributed by atoms with Gasteiger partial charge in [0.05, 0.1) is 0 Å². The third-order valence-corrected chi connectivity index (χ3v) is 4.63. The van der Waals surface area contributed by atoms with E-state index >= 15 is 0 Å². The second-order valence-electron chi connectivity index (χ2n) is 5.86. The van der Waals surface area contributed by atoms with Gasteiger partial charge in [0.1, 0.15) is 6.33 Å². The van der Waals surface area contributed by atoms with Crippen LogP contribution < -0.4 is 10.6 Å². The fourth-order valence-corrected chi connectivity index (χ4v) is 3.64. The number of aromatic nitrogens is 5. The highest BCUT2D eigenvalue weighted by atomic mass is 15.3. The first kappa shape index (κ1) is 12.6. The average Bonchev–Trinajstić information content (AvgIpc) is 3.16. The highest BCUT2D eigenvalue weighted by Gasteiger charge is 2.37. The van der Waals surface area contributed by atoms with Crippen LogP contribution in [0.4, 0.5) is 11.9 Å². The van der Waals surface area contributed by atoms with E-state index in [1.807, 2.05) is 6.20 Å². The fourth-order valence-electron chi connectivity index (χ4n) is 3.64. The van der Waals surface area contributed by atoms with E-state index in [2.05, 4.69) is 24.8 Å². The van der Waals surface area contributed by atoms with Gasteiger partial charge in [0.2, 0.25) is 17.8 Å². The largest absolute Gasteiger partial charge is 0.368 e. The standard InChI is InChI=1S/C14H19N7/c15-12-17-13(20-8-6-16-9-20)19-14(18-12)21-7-5-10-3-1-2-4-11(10)21/h6,8-11H,1-5,7H2,(H2,15,17,18,19). The summed E-state index contributed by atoms with van der Waals surface area (Å²) in [6.45, 7) is 1.02. The Kier molecular flexibility index (Phi) is 2.98. The minimum Gasteiger partial charge on any atom is -0.368 e. The van der Waals surface area contributed by atoms with Crippen LogP contribution in [-0.4, -0.2) is 37.1 Å². The van der Waals surface area contributed by atoms with Crippen molar-refractivity contribution in [2.75, 3.05) is 17.2 Å². The summed E-state index contributed by atoms with van der Waals surface area (Å²) >= 11 is 0. The first-order valence-corrected chi connectivity index (χ1v) is 7.58. The maximum atomic E-state index is 5.88. The molecule has 1 aliphatic carbocycles. The maximum absolute atomic E-state index is 5.88. The summed E-state index contributed by atoms with van der Waals surface area (Å²) in [6.07, 6.45) is 11.6. The molecule has 2 fully saturated rings. The predicted molar refractivity (Wildman–Crippen MR) is 79.1 cm³/mol. The molecule has 2 aliphatic rings. The Morgan fingerprint density at radius 3 is 2.76 bits per heavy atom. The molecule has 2 atom stereocenters. The van der Waals surface area contributed by atoms with Gasteiger partial charge in [-0.05, 0) is 25.2 Å². The minimum absolute atomic E-state index is 0.267. The lowest BCUT2D eigenvalue weighted by Crippen LogP contribution is -2.36. The van der Waals surface area contributed by atoms with Crippen LogP contribution in [0.2, 0.25) is 0 Å². The van der Waals surface area contributed by atoms with Crippen molar-refractivity contribution in [1.82, 2.24) is 24.5 Å². The zero-order valence-electron chi connectivity index (χ0n) is 11.9. The van der Waals surface area contributed by atoms with Gasteiger partial charge in [-0.3, -0.25) is 4.57 Å². The minimum atomic E-state index is 0.267. The molecule has 1 saturated heterocycles. The summed E-state index contributed by atoms with van der Waals surface area (Å²) in [7, 11) is 0. The molecular formula is C14H19N7. The van der Waals surface area contributed by atoms with Gasteiger partial charge in [0, 0.05) is 25.0 Å². The Hall–Kier alpha value is -2.18. The van der Waals surface area contributed by atoms with Crippen LogP contribution in [0.25, 0.3) is 5.95 Å². The second kappa shape index (κ2) is 4.98. The molecule has 2 aromatic rings. The number of hydrogen-bond donors (Lipinski definition) is 1. The highest BCUT2D eigenvalue weighted by molar-refractivity contribution is 5.40. The fraction of sp³-hybridized carbons (Fsp3) is 0.571. The molecular weight excluding hydrogens is 266 g/mol.